The molecule has 0 amide bonds. The van der Waals surface area contributed by atoms with E-state index in [0.29, 0.717) is 5.56 Å². The minimum Gasteiger partial charge on any atom is -0.297 e. The SMILES string of the molecule is O=C/C(=C/c1ccccc1)SC(F)(F)F. The molecule has 80 valence electrons. The van der Waals surface area contributed by atoms with Crippen molar-refractivity contribution in [2.24, 2.45) is 0 Å². The molecule has 1 aromatic rings. The summed E-state index contributed by atoms with van der Waals surface area (Å²) in [5.41, 5.74) is -3.86. The van der Waals surface area contributed by atoms with E-state index < -0.39 is 17.3 Å². The van der Waals surface area contributed by atoms with E-state index in [1.807, 2.05) is 0 Å². The quantitative estimate of drug-likeness (QED) is 0.586. The zero-order valence-electron chi connectivity index (χ0n) is 7.49. The molecule has 0 bridgehead atoms. The molecule has 0 spiro atoms. The van der Waals surface area contributed by atoms with Gasteiger partial charge in [-0.05, 0) is 23.4 Å². The summed E-state index contributed by atoms with van der Waals surface area (Å²) in [7, 11) is 0. The Bertz CT molecular complexity index is 357. The Hall–Kier alpha value is -1.23. The van der Waals surface area contributed by atoms with Crippen LogP contribution >= 0.6 is 11.8 Å². The molecule has 0 radical (unpaired) electrons. The standard InChI is InChI=1S/C10H7F3OS/c11-10(12,13)15-9(7-14)6-8-4-2-1-3-5-8/h1-7H/b9-6-. The average Bonchev–Trinajstić information content (AvgIpc) is 2.16. The largest absolute Gasteiger partial charge is 0.446 e. The van der Waals surface area contributed by atoms with Crippen LogP contribution in [0.4, 0.5) is 13.2 Å². The maximum absolute atomic E-state index is 12.0. The molecule has 0 fully saturated rings. The number of carbonyl (C=O) groups excluding carboxylic acids is 1. The summed E-state index contributed by atoms with van der Waals surface area (Å²) in [5.74, 6) is 0. The Morgan fingerprint density at radius 1 is 1.20 bits per heavy atom. The molecule has 0 atom stereocenters. The third-order valence-electron chi connectivity index (χ3n) is 1.46. The van der Waals surface area contributed by atoms with Gasteiger partial charge in [0, 0.05) is 0 Å². The molecule has 0 saturated carbocycles. The van der Waals surface area contributed by atoms with Crippen molar-refractivity contribution in [3.05, 3.63) is 40.8 Å². The highest BCUT2D eigenvalue weighted by atomic mass is 32.2. The van der Waals surface area contributed by atoms with Gasteiger partial charge in [0.2, 0.25) is 0 Å². The van der Waals surface area contributed by atoms with E-state index in [-0.39, 0.29) is 11.2 Å². The molecule has 1 aromatic carbocycles. The number of alkyl halides is 3. The maximum atomic E-state index is 12.0. The number of benzene rings is 1. The Balaban J connectivity index is 2.84. The second-order valence-electron chi connectivity index (χ2n) is 2.62. The van der Waals surface area contributed by atoms with Crippen LogP contribution in [0.1, 0.15) is 5.56 Å². The van der Waals surface area contributed by atoms with Crippen molar-refractivity contribution < 1.29 is 18.0 Å². The van der Waals surface area contributed by atoms with E-state index in [0.717, 1.165) is 0 Å². The highest BCUT2D eigenvalue weighted by molar-refractivity contribution is 8.04. The Kier molecular flexibility index (Phi) is 3.96. The molecule has 0 aliphatic carbocycles. The number of rotatable bonds is 3. The van der Waals surface area contributed by atoms with Gasteiger partial charge in [-0.15, -0.1) is 0 Å². The lowest BCUT2D eigenvalue weighted by molar-refractivity contribution is -0.104. The lowest BCUT2D eigenvalue weighted by atomic mass is 10.2. The van der Waals surface area contributed by atoms with Crippen LogP contribution < -0.4 is 0 Å². The van der Waals surface area contributed by atoms with E-state index >= 15 is 0 Å². The first kappa shape index (κ1) is 11.8. The molecular formula is C10H7F3OS. The van der Waals surface area contributed by atoms with Crippen molar-refractivity contribution in [2.75, 3.05) is 0 Å². The van der Waals surface area contributed by atoms with Crippen LogP contribution in [-0.2, 0) is 4.79 Å². The highest BCUT2D eigenvalue weighted by Gasteiger charge is 2.30. The van der Waals surface area contributed by atoms with Crippen molar-refractivity contribution in [2.45, 2.75) is 5.51 Å². The molecule has 0 N–H and O–H groups in total. The van der Waals surface area contributed by atoms with Gasteiger partial charge in [-0.1, -0.05) is 30.3 Å². The number of aldehydes is 1. The molecule has 1 rings (SSSR count). The van der Waals surface area contributed by atoms with Gasteiger partial charge in [0.15, 0.2) is 6.29 Å². The fourth-order valence-electron chi connectivity index (χ4n) is 0.935. The van der Waals surface area contributed by atoms with E-state index in [1.54, 1.807) is 30.3 Å². The summed E-state index contributed by atoms with van der Waals surface area (Å²) in [5, 5.41) is 0. The van der Waals surface area contributed by atoms with Crippen LogP contribution in [0.2, 0.25) is 0 Å². The van der Waals surface area contributed by atoms with Gasteiger partial charge in [-0.3, -0.25) is 4.79 Å². The molecule has 0 heterocycles. The minimum absolute atomic E-state index is 0.200. The Morgan fingerprint density at radius 2 is 1.80 bits per heavy atom. The summed E-state index contributed by atoms with van der Waals surface area (Å²) in [6.07, 6.45) is 1.40. The zero-order chi connectivity index (χ0) is 11.3. The van der Waals surface area contributed by atoms with Gasteiger partial charge >= 0.3 is 5.51 Å². The molecule has 0 aliphatic heterocycles. The van der Waals surface area contributed by atoms with Gasteiger partial charge in [-0.25, -0.2) is 0 Å². The van der Waals surface area contributed by atoms with Gasteiger partial charge < -0.3 is 0 Å². The normalized spacial score (nSPS) is 12.6. The predicted octanol–water partition coefficient (Wildman–Crippen LogP) is 3.48. The molecule has 0 aromatic heterocycles. The van der Waals surface area contributed by atoms with E-state index in [9.17, 15) is 18.0 Å². The maximum Gasteiger partial charge on any atom is 0.446 e. The van der Waals surface area contributed by atoms with Crippen LogP contribution in [0.25, 0.3) is 6.08 Å². The lowest BCUT2D eigenvalue weighted by Crippen LogP contribution is -2.00. The smallest absolute Gasteiger partial charge is 0.297 e. The minimum atomic E-state index is -4.43. The van der Waals surface area contributed by atoms with Gasteiger partial charge in [0.1, 0.15) is 0 Å². The van der Waals surface area contributed by atoms with E-state index in [1.165, 1.54) is 6.08 Å². The predicted molar refractivity (Wildman–Crippen MR) is 54.1 cm³/mol. The number of thioether (sulfide) groups is 1. The number of halogens is 3. The van der Waals surface area contributed by atoms with Crippen molar-refractivity contribution in [3.8, 4) is 0 Å². The third kappa shape index (κ3) is 4.69. The number of hydrogen-bond acceptors (Lipinski definition) is 2. The first-order valence-electron chi connectivity index (χ1n) is 3.99. The molecule has 0 saturated heterocycles. The summed E-state index contributed by atoms with van der Waals surface area (Å²) in [4.78, 5) is 10.0. The van der Waals surface area contributed by atoms with Gasteiger partial charge in [0.05, 0.1) is 4.91 Å². The van der Waals surface area contributed by atoms with Crippen LogP contribution in [0, 0.1) is 0 Å². The molecule has 1 nitrogen and oxygen atoms in total. The van der Waals surface area contributed by atoms with Crippen LogP contribution in [0.5, 0.6) is 0 Å². The fourth-order valence-corrected chi connectivity index (χ4v) is 1.45. The lowest BCUT2D eigenvalue weighted by Gasteiger charge is -2.04. The fraction of sp³-hybridized carbons (Fsp3) is 0.100. The highest BCUT2D eigenvalue weighted by Crippen LogP contribution is 2.36. The summed E-state index contributed by atoms with van der Waals surface area (Å²) in [6, 6.07) is 8.37. The van der Waals surface area contributed by atoms with Crippen LogP contribution in [0.3, 0.4) is 0 Å². The monoisotopic (exact) mass is 232 g/mol. The van der Waals surface area contributed by atoms with Crippen LogP contribution in [0.15, 0.2) is 35.2 Å². The number of carbonyl (C=O) groups is 1. The van der Waals surface area contributed by atoms with Crippen LogP contribution in [-0.4, -0.2) is 11.8 Å². The molecule has 0 unspecified atom stereocenters. The van der Waals surface area contributed by atoms with Crippen molar-refractivity contribution in [1.29, 1.82) is 0 Å². The Morgan fingerprint density at radius 3 is 2.27 bits per heavy atom. The average molecular weight is 232 g/mol. The molecule has 15 heavy (non-hydrogen) atoms. The van der Waals surface area contributed by atoms with E-state index in [4.69, 9.17) is 0 Å². The van der Waals surface area contributed by atoms with Crippen molar-refractivity contribution in [3.63, 3.8) is 0 Å². The summed E-state index contributed by atoms with van der Waals surface area (Å²) >= 11 is -0.410. The molecule has 0 aliphatic rings. The first-order chi connectivity index (χ1) is 7.01. The van der Waals surface area contributed by atoms with Crippen molar-refractivity contribution in [1.82, 2.24) is 0 Å². The third-order valence-corrected chi connectivity index (χ3v) is 2.14. The first-order valence-corrected chi connectivity index (χ1v) is 4.80. The number of allylic oxidation sites excluding steroid dienone is 1. The molecular weight excluding hydrogens is 225 g/mol. The zero-order valence-corrected chi connectivity index (χ0v) is 8.31. The second-order valence-corrected chi connectivity index (χ2v) is 3.76. The summed E-state index contributed by atoms with van der Waals surface area (Å²) in [6.45, 7) is 0. The number of hydrogen-bond donors (Lipinski definition) is 0. The van der Waals surface area contributed by atoms with Gasteiger partial charge in [-0.2, -0.15) is 13.2 Å². The van der Waals surface area contributed by atoms with Gasteiger partial charge in [0.25, 0.3) is 0 Å². The van der Waals surface area contributed by atoms with Crippen molar-refractivity contribution >= 4 is 24.1 Å². The second kappa shape index (κ2) is 5.02. The topological polar surface area (TPSA) is 17.1 Å². The molecule has 5 heteroatoms. The van der Waals surface area contributed by atoms with E-state index in [2.05, 4.69) is 0 Å². The summed E-state index contributed by atoms with van der Waals surface area (Å²) < 4.78 is 35.9. The Labute approximate surface area is 89.0 Å².